The van der Waals surface area contributed by atoms with E-state index in [2.05, 4.69) is 10.3 Å². The van der Waals surface area contributed by atoms with Gasteiger partial charge in [0.15, 0.2) is 9.84 Å². The maximum Gasteiger partial charge on any atom is 0.228 e. The van der Waals surface area contributed by atoms with Gasteiger partial charge in [-0.3, -0.25) is 4.79 Å². The van der Waals surface area contributed by atoms with Crippen LogP contribution in [0.15, 0.2) is 53.6 Å². The normalized spacial score (nSPS) is 11.4. The number of hydrogen-bond acceptors (Lipinski definition) is 5. The molecular formula is C19H17ClN2O4S. The highest BCUT2D eigenvalue weighted by Gasteiger charge is 2.17. The predicted molar refractivity (Wildman–Crippen MR) is 105 cm³/mol. The summed E-state index contributed by atoms with van der Waals surface area (Å²) in [7, 11) is -2.09. The molecule has 3 aromatic rings. The Morgan fingerprint density at radius 2 is 1.93 bits per heavy atom. The quantitative estimate of drug-likeness (QED) is 0.703. The van der Waals surface area contributed by atoms with Crippen LogP contribution >= 0.6 is 11.6 Å². The van der Waals surface area contributed by atoms with Crippen molar-refractivity contribution in [1.29, 1.82) is 0 Å². The van der Waals surface area contributed by atoms with Crippen molar-refractivity contribution < 1.29 is 17.9 Å². The Morgan fingerprint density at radius 3 is 2.59 bits per heavy atom. The second-order valence-electron chi connectivity index (χ2n) is 5.98. The van der Waals surface area contributed by atoms with E-state index in [0.717, 1.165) is 6.26 Å². The van der Waals surface area contributed by atoms with Gasteiger partial charge in [0.2, 0.25) is 11.8 Å². The number of rotatable bonds is 5. The maximum absolute atomic E-state index is 12.4. The molecule has 0 radical (unpaired) electrons. The Kier molecular flexibility index (Phi) is 5.34. The van der Waals surface area contributed by atoms with Crippen molar-refractivity contribution in [2.45, 2.75) is 11.3 Å². The van der Waals surface area contributed by atoms with E-state index < -0.39 is 9.84 Å². The lowest BCUT2D eigenvalue weighted by Gasteiger charge is -2.12. The summed E-state index contributed by atoms with van der Waals surface area (Å²) in [5.41, 5.74) is 1.02. The van der Waals surface area contributed by atoms with Crippen LogP contribution in [-0.4, -0.2) is 32.7 Å². The minimum Gasteiger partial charge on any atom is -0.481 e. The molecule has 1 amide bonds. The molecule has 3 rings (SSSR count). The summed E-state index contributed by atoms with van der Waals surface area (Å²) in [6, 6.07) is 11.7. The number of anilines is 1. The Morgan fingerprint density at radius 1 is 1.19 bits per heavy atom. The van der Waals surface area contributed by atoms with Crippen LogP contribution in [0.25, 0.3) is 10.8 Å². The van der Waals surface area contributed by atoms with E-state index in [4.69, 9.17) is 16.3 Å². The summed E-state index contributed by atoms with van der Waals surface area (Å²) in [4.78, 5) is 16.6. The van der Waals surface area contributed by atoms with Crippen molar-refractivity contribution in [3.05, 3.63) is 59.2 Å². The first-order chi connectivity index (χ1) is 12.8. The van der Waals surface area contributed by atoms with Crippen LogP contribution in [0.4, 0.5) is 5.69 Å². The molecule has 0 aliphatic rings. The number of aromatic nitrogens is 1. The Bertz CT molecular complexity index is 1130. The molecule has 1 aromatic heterocycles. The minimum absolute atomic E-state index is 0.0656. The summed E-state index contributed by atoms with van der Waals surface area (Å²) in [6.45, 7) is 0. The number of benzene rings is 2. The number of nitrogens with one attached hydrogen (secondary N) is 1. The number of carbonyl (C=O) groups is 1. The third-order valence-corrected chi connectivity index (χ3v) is 5.50. The van der Waals surface area contributed by atoms with E-state index in [1.54, 1.807) is 36.4 Å². The zero-order valence-corrected chi connectivity index (χ0v) is 16.3. The number of nitrogens with zero attached hydrogens (tertiary/aromatic N) is 1. The average Bonchev–Trinajstić information content (AvgIpc) is 2.61. The number of fused-ring (bicyclic) bond motifs is 1. The van der Waals surface area contributed by atoms with Gasteiger partial charge in [-0.25, -0.2) is 13.4 Å². The summed E-state index contributed by atoms with van der Waals surface area (Å²) in [5, 5.41) is 4.20. The van der Waals surface area contributed by atoms with Crippen LogP contribution in [-0.2, 0) is 21.1 Å². The molecule has 0 unspecified atom stereocenters. The van der Waals surface area contributed by atoms with E-state index in [9.17, 15) is 13.2 Å². The molecule has 2 aromatic carbocycles. The molecule has 27 heavy (non-hydrogen) atoms. The molecule has 1 heterocycles. The van der Waals surface area contributed by atoms with Crippen molar-refractivity contribution in [2.24, 2.45) is 0 Å². The topological polar surface area (TPSA) is 85.4 Å². The fourth-order valence-corrected chi connectivity index (χ4v) is 3.91. The molecule has 0 saturated carbocycles. The van der Waals surface area contributed by atoms with Gasteiger partial charge in [0, 0.05) is 33.9 Å². The number of sulfone groups is 1. The molecule has 0 spiro atoms. The molecular weight excluding hydrogens is 388 g/mol. The van der Waals surface area contributed by atoms with Gasteiger partial charge in [-0.1, -0.05) is 29.8 Å². The lowest BCUT2D eigenvalue weighted by atomic mass is 10.1. The molecule has 0 aliphatic heterocycles. The highest BCUT2D eigenvalue weighted by Crippen LogP contribution is 2.32. The second-order valence-corrected chi connectivity index (χ2v) is 8.37. The van der Waals surface area contributed by atoms with E-state index in [-0.39, 0.29) is 23.1 Å². The first-order valence-corrected chi connectivity index (χ1v) is 10.3. The van der Waals surface area contributed by atoms with Gasteiger partial charge in [-0.05, 0) is 29.8 Å². The highest BCUT2D eigenvalue weighted by atomic mass is 35.5. The molecule has 1 N–H and O–H groups in total. The van der Waals surface area contributed by atoms with Gasteiger partial charge in [-0.15, -0.1) is 0 Å². The van der Waals surface area contributed by atoms with Crippen LogP contribution in [0.5, 0.6) is 5.88 Å². The molecule has 0 atom stereocenters. The number of hydrogen-bond donors (Lipinski definition) is 1. The fourth-order valence-electron chi connectivity index (χ4n) is 2.79. The smallest absolute Gasteiger partial charge is 0.228 e. The van der Waals surface area contributed by atoms with Crippen LogP contribution in [0.1, 0.15) is 5.56 Å². The molecule has 0 aliphatic carbocycles. The fraction of sp³-hybridized carbons (Fsp3) is 0.158. The maximum atomic E-state index is 12.4. The van der Waals surface area contributed by atoms with E-state index in [1.165, 1.54) is 19.4 Å². The van der Waals surface area contributed by atoms with Crippen molar-refractivity contribution in [3.8, 4) is 5.88 Å². The summed E-state index contributed by atoms with van der Waals surface area (Å²) < 4.78 is 29.7. The van der Waals surface area contributed by atoms with Gasteiger partial charge >= 0.3 is 0 Å². The molecule has 0 bridgehead atoms. The van der Waals surface area contributed by atoms with Crippen molar-refractivity contribution >= 4 is 43.8 Å². The number of methoxy groups -OCH3 is 1. The number of pyridine rings is 1. The second kappa shape index (κ2) is 7.54. The van der Waals surface area contributed by atoms with Crippen LogP contribution < -0.4 is 10.1 Å². The molecule has 8 heteroatoms. The largest absolute Gasteiger partial charge is 0.481 e. The van der Waals surface area contributed by atoms with Gasteiger partial charge in [0.25, 0.3) is 0 Å². The van der Waals surface area contributed by atoms with Crippen molar-refractivity contribution in [1.82, 2.24) is 4.98 Å². The highest BCUT2D eigenvalue weighted by molar-refractivity contribution is 7.91. The Labute approximate surface area is 162 Å². The van der Waals surface area contributed by atoms with Crippen LogP contribution in [0, 0.1) is 0 Å². The van der Waals surface area contributed by atoms with Gasteiger partial charge in [0.1, 0.15) is 0 Å². The first-order valence-electron chi connectivity index (χ1n) is 7.99. The monoisotopic (exact) mass is 404 g/mol. The van der Waals surface area contributed by atoms with Gasteiger partial charge < -0.3 is 10.1 Å². The standard InChI is InChI=1S/C19H17ClN2O4S/c1-26-19-15-10-13(11-17(27(2,24)25)14(15)7-8-21-19)22-18(23)9-12-5-3-4-6-16(12)20/h3-8,10-11H,9H2,1-2H3,(H,22,23). The van der Waals surface area contributed by atoms with Crippen LogP contribution in [0.3, 0.4) is 0 Å². The Hall–Kier alpha value is -2.64. The van der Waals surface area contributed by atoms with E-state index in [1.807, 2.05) is 0 Å². The molecule has 0 fully saturated rings. The third kappa shape index (κ3) is 4.20. The van der Waals surface area contributed by atoms with Gasteiger partial charge in [-0.2, -0.15) is 0 Å². The number of ether oxygens (including phenoxy) is 1. The molecule has 6 nitrogen and oxygen atoms in total. The van der Waals surface area contributed by atoms with Crippen LogP contribution in [0.2, 0.25) is 5.02 Å². The lowest BCUT2D eigenvalue weighted by Crippen LogP contribution is -2.15. The molecule has 140 valence electrons. The number of carbonyl (C=O) groups excluding carboxylic acids is 1. The van der Waals surface area contributed by atoms with E-state index in [0.29, 0.717) is 27.0 Å². The SMILES string of the molecule is COc1nccc2c(S(C)(=O)=O)cc(NC(=O)Cc3ccccc3Cl)cc12. The minimum atomic E-state index is -3.53. The number of halogens is 1. The summed E-state index contributed by atoms with van der Waals surface area (Å²) in [6.07, 6.45) is 2.66. The van der Waals surface area contributed by atoms with E-state index >= 15 is 0 Å². The third-order valence-electron chi connectivity index (χ3n) is 3.99. The zero-order valence-electron chi connectivity index (χ0n) is 14.7. The van der Waals surface area contributed by atoms with Gasteiger partial charge in [0.05, 0.1) is 18.4 Å². The first kappa shape index (κ1) is 19.1. The summed E-state index contributed by atoms with van der Waals surface area (Å²) in [5.74, 6) is -0.0376. The molecule has 0 saturated heterocycles. The zero-order chi connectivity index (χ0) is 19.6. The summed E-state index contributed by atoms with van der Waals surface area (Å²) >= 11 is 6.09. The predicted octanol–water partition coefficient (Wildman–Crippen LogP) is 3.48. The number of amides is 1. The average molecular weight is 405 g/mol. The van der Waals surface area contributed by atoms with Crippen molar-refractivity contribution in [2.75, 3.05) is 18.7 Å². The van der Waals surface area contributed by atoms with Crippen molar-refractivity contribution in [3.63, 3.8) is 0 Å². The lowest BCUT2D eigenvalue weighted by molar-refractivity contribution is -0.115. The Balaban J connectivity index is 2.02.